The van der Waals surface area contributed by atoms with Crippen LogP contribution in [0, 0.1) is 18.6 Å². The van der Waals surface area contributed by atoms with Gasteiger partial charge in [-0.2, -0.15) is 0 Å². The Bertz CT molecular complexity index is 1590. The van der Waals surface area contributed by atoms with E-state index in [9.17, 15) is 13.6 Å². The van der Waals surface area contributed by atoms with Crippen LogP contribution in [0.1, 0.15) is 12.7 Å². The Balaban J connectivity index is 0.000000202. The van der Waals surface area contributed by atoms with Crippen molar-refractivity contribution in [3.63, 3.8) is 0 Å². The fraction of sp³-hybridized carbons (Fsp3) is 0.269. The highest BCUT2D eigenvalue weighted by molar-refractivity contribution is 7.17. The van der Waals surface area contributed by atoms with Gasteiger partial charge in [-0.05, 0) is 37.7 Å². The molecule has 6 rings (SSSR count). The number of hydrogen-bond donors (Lipinski definition) is 1. The average Bonchev–Trinajstić information content (AvgIpc) is 3.53. The molecule has 1 N–H and O–H groups in total. The molecule has 0 atom stereocenters. The maximum absolute atomic E-state index is 13.8. The predicted molar refractivity (Wildman–Crippen MR) is 146 cm³/mol. The summed E-state index contributed by atoms with van der Waals surface area (Å²) in [5.41, 5.74) is 2.58. The zero-order valence-electron chi connectivity index (χ0n) is 20.9. The lowest BCUT2D eigenvalue weighted by molar-refractivity contribution is -0.109. The number of aromatic nitrogens is 5. The molecule has 38 heavy (non-hydrogen) atoms. The lowest BCUT2D eigenvalue weighted by atomic mass is 10.2. The number of rotatable bonds is 5. The number of nitrogens with one attached hydrogen (secondary N) is 1. The summed E-state index contributed by atoms with van der Waals surface area (Å²) in [7, 11) is 2.12. The van der Waals surface area contributed by atoms with Crippen LogP contribution >= 0.6 is 11.3 Å². The largest absolute Gasteiger partial charge is 0.353 e. The number of anilines is 1. The van der Waals surface area contributed by atoms with Gasteiger partial charge >= 0.3 is 0 Å². The van der Waals surface area contributed by atoms with Crippen LogP contribution in [-0.2, 0) is 11.3 Å². The molecule has 1 amide bonds. The summed E-state index contributed by atoms with van der Waals surface area (Å²) in [6, 6.07) is 6.75. The van der Waals surface area contributed by atoms with Crippen molar-refractivity contribution in [2.75, 3.05) is 38.1 Å². The molecule has 5 heterocycles. The van der Waals surface area contributed by atoms with E-state index < -0.39 is 0 Å². The van der Waals surface area contributed by atoms with E-state index in [2.05, 4.69) is 42.2 Å². The Morgan fingerprint density at radius 2 is 1.89 bits per heavy atom. The van der Waals surface area contributed by atoms with Crippen molar-refractivity contribution in [2.45, 2.75) is 13.5 Å². The van der Waals surface area contributed by atoms with Gasteiger partial charge in [0.2, 0.25) is 6.41 Å². The summed E-state index contributed by atoms with van der Waals surface area (Å²) >= 11 is 1.32. The van der Waals surface area contributed by atoms with Gasteiger partial charge in [-0.25, -0.2) is 23.4 Å². The fourth-order valence-electron chi connectivity index (χ4n) is 4.14. The first-order valence-electron chi connectivity index (χ1n) is 12.0. The summed E-state index contributed by atoms with van der Waals surface area (Å²) in [6.45, 7) is 5.93. The first kappa shape index (κ1) is 25.6. The molecular weight excluding hydrogens is 510 g/mol. The van der Waals surface area contributed by atoms with Gasteiger partial charge in [0, 0.05) is 50.8 Å². The number of nitrogens with zero attached hydrogens (tertiary/aromatic N) is 7. The maximum Gasteiger partial charge on any atom is 0.207 e. The number of amides is 1. The molecule has 1 aromatic carbocycles. The first-order valence-corrected chi connectivity index (χ1v) is 12.9. The van der Waals surface area contributed by atoms with E-state index in [1.807, 2.05) is 12.3 Å². The number of aryl methyl sites for hydroxylation is 1. The van der Waals surface area contributed by atoms with Crippen LogP contribution in [0.5, 0.6) is 0 Å². The van der Waals surface area contributed by atoms with E-state index in [0.29, 0.717) is 40.9 Å². The fourth-order valence-corrected chi connectivity index (χ4v) is 4.90. The summed E-state index contributed by atoms with van der Waals surface area (Å²) in [6.07, 6.45) is 5.64. The standard InChI is InChI=1S/C17H19FN6.C9H7FN2OS.H2/c1-12-3-4-13(9-15(12)18)24-10-14-16(21-24)19-11-20-17(14)23-7-5-22(2)6-8-23;10-8-4-14-9-3-12-6(1-7(8)9)2-11-5-13;/h3-4,9-11H,5-8H2,1-2H3;1,3-5H,2H2,(H,11,13);1H. The molecule has 5 aromatic rings. The number of benzene rings is 1. The highest BCUT2D eigenvalue weighted by Gasteiger charge is 2.19. The minimum Gasteiger partial charge on any atom is -0.353 e. The Hall–Kier alpha value is -4.03. The molecule has 0 radical (unpaired) electrons. The van der Waals surface area contributed by atoms with E-state index in [4.69, 9.17) is 0 Å². The molecule has 0 unspecified atom stereocenters. The summed E-state index contributed by atoms with van der Waals surface area (Å²) in [5, 5.41) is 9.87. The van der Waals surface area contributed by atoms with Crippen molar-refractivity contribution >= 4 is 44.7 Å². The number of carbonyl (C=O) groups is 1. The molecule has 0 aliphatic carbocycles. The molecule has 0 saturated carbocycles. The second kappa shape index (κ2) is 11.2. The Labute approximate surface area is 223 Å². The van der Waals surface area contributed by atoms with Gasteiger partial charge in [0.1, 0.15) is 23.8 Å². The highest BCUT2D eigenvalue weighted by Crippen LogP contribution is 2.25. The topological polar surface area (TPSA) is 92.1 Å². The van der Waals surface area contributed by atoms with Gasteiger partial charge in [0.05, 0.1) is 28.0 Å². The third-order valence-electron chi connectivity index (χ3n) is 6.36. The van der Waals surface area contributed by atoms with E-state index in [0.717, 1.165) is 42.1 Å². The molecular formula is C26H28F2N8OS. The molecule has 1 saturated heterocycles. The minimum absolute atomic E-state index is 0. The van der Waals surface area contributed by atoms with Crippen molar-refractivity contribution in [1.29, 1.82) is 0 Å². The smallest absolute Gasteiger partial charge is 0.207 e. The lowest BCUT2D eigenvalue weighted by Crippen LogP contribution is -2.44. The lowest BCUT2D eigenvalue weighted by Gasteiger charge is -2.33. The van der Waals surface area contributed by atoms with Crippen LogP contribution in [0.25, 0.3) is 26.8 Å². The number of hydrogen-bond acceptors (Lipinski definition) is 8. The van der Waals surface area contributed by atoms with Crippen LogP contribution in [0.3, 0.4) is 0 Å². The Kier molecular flexibility index (Phi) is 7.52. The zero-order chi connectivity index (χ0) is 26.6. The Morgan fingerprint density at radius 3 is 2.66 bits per heavy atom. The molecule has 1 aliphatic rings. The predicted octanol–water partition coefficient (Wildman–Crippen LogP) is 3.94. The summed E-state index contributed by atoms with van der Waals surface area (Å²) in [4.78, 5) is 27.4. The van der Waals surface area contributed by atoms with Crippen molar-refractivity contribution in [3.8, 4) is 5.69 Å². The molecule has 0 spiro atoms. The molecule has 12 heteroatoms. The molecule has 198 valence electrons. The van der Waals surface area contributed by atoms with Crippen LogP contribution in [0.4, 0.5) is 14.6 Å². The Morgan fingerprint density at radius 1 is 1.08 bits per heavy atom. The second-order valence-corrected chi connectivity index (χ2v) is 9.90. The van der Waals surface area contributed by atoms with Gasteiger partial charge in [-0.15, -0.1) is 16.4 Å². The van der Waals surface area contributed by atoms with E-state index in [1.54, 1.807) is 36.3 Å². The van der Waals surface area contributed by atoms with Crippen molar-refractivity contribution in [2.24, 2.45) is 0 Å². The third kappa shape index (κ3) is 5.46. The van der Waals surface area contributed by atoms with Crippen LogP contribution in [0.2, 0.25) is 0 Å². The number of halogens is 2. The third-order valence-corrected chi connectivity index (χ3v) is 7.26. The SMILES string of the molecule is Cc1ccc(-n2cc3c(N4CCN(C)CC4)ncnc3n2)cc1F.O=CNCc1cc2c(F)csc2cn1.[HH]. The monoisotopic (exact) mass is 538 g/mol. The highest BCUT2D eigenvalue weighted by atomic mass is 32.1. The van der Waals surface area contributed by atoms with Crippen LogP contribution in [0.15, 0.2) is 48.4 Å². The summed E-state index contributed by atoms with van der Waals surface area (Å²) in [5.74, 6) is 0.420. The molecule has 1 aliphatic heterocycles. The second-order valence-electron chi connectivity index (χ2n) is 8.99. The van der Waals surface area contributed by atoms with Gasteiger partial charge in [-0.1, -0.05) is 6.07 Å². The number of piperazine rings is 1. The van der Waals surface area contributed by atoms with E-state index in [1.165, 1.54) is 22.8 Å². The van der Waals surface area contributed by atoms with Crippen LogP contribution < -0.4 is 10.2 Å². The van der Waals surface area contributed by atoms with Crippen LogP contribution in [-0.4, -0.2) is 69.3 Å². The van der Waals surface area contributed by atoms with Gasteiger partial charge in [0.15, 0.2) is 5.65 Å². The van der Waals surface area contributed by atoms with Gasteiger partial charge in [0.25, 0.3) is 0 Å². The number of likely N-dealkylation sites (N-methyl/N-ethyl adjacent to an activating group) is 1. The minimum atomic E-state index is -0.238. The number of fused-ring (bicyclic) bond motifs is 2. The molecule has 1 fully saturated rings. The average molecular weight is 539 g/mol. The molecule has 9 nitrogen and oxygen atoms in total. The van der Waals surface area contributed by atoms with Crippen molar-refractivity contribution in [3.05, 3.63) is 71.3 Å². The summed E-state index contributed by atoms with van der Waals surface area (Å²) < 4.78 is 29.5. The van der Waals surface area contributed by atoms with Crippen molar-refractivity contribution in [1.82, 2.24) is 34.9 Å². The number of thiophene rings is 1. The quantitative estimate of drug-likeness (QED) is 0.339. The van der Waals surface area contributed by atoms with Crippen molar-refractivity contribution < 1.29 is 15.0 Å². The number of carbonyl (C=O) groups excluding carboxylic acids is 1. The van der Waals surface area contributed by atoms with E-state index >= 15 is 0 Å². The van der Waals surface area contributed by atoms with Gasteiger partial charge in [-0.3, -0.25) is 9.78 Å². The maximum atomic E-state index is 13.8. The normalized spacial score (nSPS) is 13.9. The van der Waals surface area contributed by atoms with Gasteiger partial charge < -0.3 is 15.1 Å². The number of pyridine rings is 1. The zero-order valence-corrected chi connectivity index (χ0v) is 21.8. The molecule has 0 bridgehead atoms. The molecule has 4 aromatic heterocycles. The van der Waals surface area contributed by atoms with E-state index in [-0.39, 0.29) is 13.1 Å². The first-order chi connectivity index (χ1) is 18.4.